The van der Waals surface area contributed by atoms with Crippen molar-refractivity contribution >= 4 is 13.6 Å². The number of rotatable bonds is 8. The number of carbonyl (C=O) groups is 1. The van der Waals surface area contributed by atoms with E-state index in [0.717, 1.165) is 5.56 Å². The zero-order chi connectivity index (χ0) is 15.0. The second-order valence-electron chi connectivity index (χ2n) is 4.04. The van der Waals surface area contributed by atoms with E-state index in [4.69, 9.17) is 13.8 Å². The van der Waals surface area contributed by atoms with Crippen molar-refractivity contribution in [2.24, 2.45) is 0 Å². The minimum Gasteiger partial charge on any atom is -0.462 e. The van der Waals surface area contributed by atoms with Crippen LogP contribution in [0.3, 0.4) is 0 Å². The molecule has 1 unspecified atom stereocenters. The quantitative estimate of drug-likeness (QED) is 0.542. The molecule has 1 aromatic rings. The topological polar surface area (TPSA) is 61.8 Å². The molecule has 0 amide bonds. The van der Waals surface area contributed by atoms with Gasteiger partial charge in [0.2, 0.25) is 0 Å². The van der Waals surface area contributed by atoms with Crippen molar-refractivity contribution in [3.05, 3.63) is 35.4 Å². The molecule has 20 heavy (non-hydrogen) atoms. The van der Waals surface area contributed by atoms with E-state index in [-0.39, 0.29) is 12.6 Å². The third kappa shape index (κ3) is 5.08. The lowest BCUT2D eigenvalue weighted by molar-refractivity contribution is 0.0526. The van der Waals surface area contributed by atoms with Crippen molar-refractivity contribution in [2.45, 2.75) is 27.4 Å². The maximum atomic E-state index is 12.1. The van der Waals surface area contributed by atoms with Crippen molar-refractivity contribution < 1.29 is 23.1 Å². The highest BCUT2D eigenvalue weighted by Gasteiger charge is 2.21. The molecule has 0 saturated heterocycles. The fourth-order valence-electron chi connectivity index (χ4n) is 1.54. The summed E-state index contributed by atoms with van der Waals surface area (Å²) in [6.45, 7) is 6.19. The van der Waals surface area contributed by atoms with Crippen molar-refractivity contribution in [2.75, 3.05) is 19.4 Å². The predicted molar refractivity (Wildman–Crippen MR) is 77.0 cm³/mol. The van der Waals surface area contributed by atoms with Crippen molar-refractivity contribution in [1.82, 2.24) is 0 Å². The van der Waals surface area contributed by atoms with Crippen molar-refractivity contribution in [3.8, 4) is 0 Å². The number of esters is 1. The predicted octanol–water partition coefficient (Wildman–Crippen LogP) is 3.63. The largest absolute Gasteiger partial charge is 0.462 e. The van der Waals surface area contributed by atoms with Crippen molar-refractivity contribution in [3.63, 3.8) is 0 Å². The molecule has 0 aliphatic heterocycles. The molecule has 0 fully saturated rings. The van der Waals surface area contributed by atoms with E-state index in [0.29, 0.717) is 24.9 Å². The SMILES string of the molecule is CCOC(=O)c1ccc(COP(=O)(CC)OCC)cc1. The normalized spacial score (nSPS) is 13.8. The maximum Gasteiger partial charge on any atom is 0.338 e. The lowest BCUT2D eigenvalue weighted by Crippen LogP contribution is -2.04. The molecule has 0 aliphatic carbocycles. The molecule has 0 N–H and O–H groups in total. The summed E-state index contributed by atoms with van der Waals surface area (Å²) in [5.74, 6) is -0.353. The van der Waals surface area contributed by atoms with Gasteiger partial charge in [0.25, 0.3) is 0 Å². The van der Waals surface area contributed by atoms with Crippen LogP contribution in [0.4, 0.5) is 0 Å². The van der Waals surface area contributed by atoms with Crippen LogP contribution in [0.15, 0.2) is 24.3 Å². The van der Waals surface area contributed by atoms with Gasteiger partial charge in [-0.15, -0.1) is 0 Å². The molecule has 0 aromatic heterocycles. The molecule has 0 saturated carbocycles. The Morgan fingerprint density at radius 1 is 1.05 bits per heavy atom. The Morgan fingerprint density at radius 2 is 1.70 bits per heavy atom. The molecular weight excluding hydrogens is 279 g/mol. The first-order valence-corrected chi connectivity index (χ1v) is 8.41. The molecule has 0 bridgehead atoms. The highest BCUT2D eigenvalue weighted by Crippen LogP contribution is 2.48. The summed E-state index contributed by atoms with van der Waals surface area (Å²) in [6.07, 6.45) is 0.335. The summed E-state index contributed by atoms with van der Waals surface area (Å²) >= 11 is 0. The molecule has 0 spiro atoms. The van der Waals surface area contributed by atoms with E-state index in [1.54, 1.807) is 45.0 Å². The summed E-state index contributed by atoms with van der Waals surface area (Å²) < 4.78 is 27.5. The van der Waals surface area contributed by atoms with Crippen LogP contribution in [0.1, 0.15) is 36.7 Å². The van der Waals surface area contributed by atoms with Gasteiger partial charge < -0.3 is 13.8 Å². The Morgan fingerprint density at radius 3 is 2.20 bits per heavy atom. The van der Waals surface area contributed by atoms with Crippen LogP contribution >= 0.6 is 7.60 Å². The summed E-state index contributed by atoms with van der Waals surface area (Å²) in [5, 5.41) is 0. The van der Waals surface area contributed by atoms with E-state index in [1.165, 1.54) is 0 Å². The first kappa shape index (κ1) is 16.9. The van der Waals surface area contributed by atoms with Gasteiger partial charge in [0.1, 0.15) is 0 Å². The molecule has 1 aromatic carbocycles. The smallest absolute Gasteiger partial charge is 0.338 e. The maximum absolute atomic E-state index is 12.1. The highest BCUT2D eigenvalue weighted by atomic mass is 31.2. The fraction of sp³-hybridized carbons (Fsp3) is 0.500. The standard InChI is InChI=1S/C14H21O5P/c1-4-17-14(15)13-9-7-12(8-10-13)11-19-20(16,6-3)18-5-2/h7-10H,4-6,11H2,1-3H3. The summed E-state index contributed by atoms with van der Waals surface area (Å²) in [6, 6.07) is 6.82. The van der Waals surface area contributed by atoms with Gasteiger partial charge in [-0.25, -0.2) is 4.79 Å². The zero-order valence-electron chi connectivity index (χ0n) is 12.1. The second-order valence-corrected chi connectivity index (χ2v) is 6.41. The van der Waals surface area contributed by atoms with Crippen LogP contribution in [-0.4, -0.2) is 25.3 Å². The molecule has 0 heterocycles. The molecule has 0 radical (unpaired) electrons. The Hall–Kier alpha value is -1.16. The summed E-state index contributed by atoms with van der Waals surface area (Å²) in [5.41, 5.74) is 1.31. The van der Waals surface area contributed by atoms with Gasteiger partial charge in [-0.3, -0.25) is 4.57 Å². The number of carbonyl (C=O) groups excluding carboxylic acids is 1. The van der Waals surface area contributed by atoms with Gasteiger partial charge in [0.15, 0.2) is 0 Å². The highest BCUT2D eigenvalue weighted by molar-refractivity contribution is 7.53. The summed E-state index contributed by atoms with van der Waals surface area (Å²) in [7, 11) is -3.00. The molecule has 6 heteroatoms. The number of benzene rings is 1. The van der Waals surface area contributed by atoms with Crippen LogP contribution in [0.2, 0.25) is 0 Å². The number of hydrogen-bond acceptors (Lipinski definition) is 5. The van der Waals surface area contributed by atoms with Crippen molar-refractivity contribution in [1.29, 1.82) is 0 Å². The third-order valence-electron chi connectivity index (χ3n) is 2.61. The minimum atomic E-state index is -3.00. The molecule has 0 aliphatic rings. The van der Waals surface area contributed by atoms with Crippen LogP contribution in [0.25, 0.3) is 0 Å². The Labute approximate surface area is 119 Å². The van der Waals surface area contributed by atoms with Gasteiger partial charge >= 0.3 is 13.6 Å². The van der Waals surface area contributed by atoms with Crippen LogP contribution < -0.4 is 0 Å². The van der Waals surface area contributed by atoms with E-state index >= 15 is 0 Å². The molecule has 5 nitrogen and oxygen atoms in total. The van der Waals surface area contributed by atoms with E-state index < -0.39 is 7.60 Å². The molecular formula is C14H21O5P. The Bertz CT molecular complexity index is 469. The lowest BCUT2D eigenvalue weighted by Gasteiger charge is -2.16. The zero-order valence-corrected chi connectivity index (χ0v) is 13.0. The first-order chi connectivity index (χ1) is 9.54. The fourth-order valence-corrected chi connectivity index (χ4v) is 2.72. The average Bonchev–Trinajstić information content (AvgIpc) is 2.46. The van der Waals surface area contributed by atoms with Gasteiger partial charge in [0.05, 0.1) is 25.4 Å². The molecule has 1 rings (SSSR count). The van der Waals surface area contributed by atoms with E-state index in [2.05, 4.69) is 0 Å². The first-order valence-electron chi connectivity index (χ1n) is 6.68. The minimum absolute atomic E-state index is 0.189. The summed E-state index contributed by atoms with van der Waals surface area (Å²) in [4.78, 5) is 11.5. The monoisotopic (exact) mass is 300 g/mol. The van der Waals surface area contributed by atoms with Gasteiger partial charge in [-0.1, -0.05) is 19.1 Å². The lowest BCUT2D eigenvalue weighted by atomic mass is 10.1. The van der Waals surface area contributed by atoms with Gasteiger partial charge in [-0.2, -0.15) is 0 Å². The van der Waals surface area contributed by atoms with Gasteiger partial charge in [0, 0.05) is 6.16 Å². The van der Waals surface area contributed by atoms with E-state index in [1.807, 2.05) is 0 Å². The number of hydrogen-bond donors (Lipinski definition) is 0. The van der Waals surface area contributed by atoms with Crippen LogP contribution in [0.5, 0.6) is 0 Å². The Balaban J connectivity index is 2.62. The molecule has 1 atom stereocenters. The second kappa shape index (κ2) is 8.20. The van der Waals surface area contributed by atoms with Gasteiger partial charge in [-0.05, 0) is 31.5 Å². The van der Waals surface area contributed by atoms with Crippen LogP contribution in [-0.2, 0) is 25.0 Å². The average molecular weight is 300 g/mol. The van der Waals surface area contributed by atoms with Crippen LogP contribution in [0, 0.1) is 0 Å². The third-order valence-corrected chi connectivity index (χ3v) is 4.55. The molecule has 112 valence electrons. The van der Waals surface area contributed by atoms with E-state index in [9.17, 15) is 9.36 Å². The Kier molecular flexibility index (Phi) is 6.93. The number of ether oxygens (including phenoxy) is 1.